The highest BCUT2D eigenvalue weighted by atomic mass is 16.3. The molecule has 6 nitrogen and oxygen atoms in total. The second-order valence-electron chi connectivity index (χ2n) is 6.00. The third-order valence-corrected chi connectivity index (χ3v) is 4.02. The number of hydrogen-bond donors (Lipinski definition) is 3. The van der Waals surface area contributed by atoms with Crippen molar-refractivity contribution in [3.05, 3.63) is 42.5 Å². The molecule has 3 N–H and O–H groups in total. The molecule has 0 radical (unpaired) electrons. The molecule has 2 amide bonds. The van der Waals surface area contributed by atoms with Gasteiger partial charge in [-0.3, -0.25) is 9.59 Å². The predicted molar refractivity (Wildman–Crippen MR) is 96.3 cm³/mol. The van der Waals surface area contributed by atoms with Gasteiger partial charge in [0.1, 0.15) is 11.2 Å². The summed E-state index contributed by atoms with van der Waals surface area (Å²) in [4.78, 5) is 23.9. The number of carbonyl (C=O) groups excluding carboxylic acids is 2. The fourth-order valence-corrected chi connectivity index (χ4v) is 2.75. The van der Waals surface area contributed by atoms with Crippen molar-refractivity contribution >= 4 is 39.4 Å². The number of furan rings is 1. The summed E-state index contributed by atoms with van der Waals surface area (Å²) in [6.45, 7) is 1.85. The maximum Gasteiger partial charge on any atom is 0.313 e. The van der Waals surface area contributed by atoms with Gasteiger partial charge in [0.05, 0.1) is 0 Å². The van der Waals surface area contributed by atoms with Crippen molar-refractivity contribution in [2.24, 2.45) is 0 Å². The van der Waals surface area contributed by atoms with E-state index in [1.54, 1.807) is 19.1 Å². The summed E-state index contributed by atoms with van der Waals surface area (Å²) in [5.74, 6) is -1.43. The minimum absolute atomic E-state index is 0.0594. The summed E-state index contributed by atoms with van der Waals surface area (Å²) in [5.41, 5.74) is 1.92. The highest BCUT2D eigenvalue weighted by molar-refractivity contribution is 6.39. The molecule has 1 heterocycles. The molecular formula is C19H20N2O4. The Balaban J connectivity index is 1.70. The number of hydrogen-bond acceptors (Lipinski definition) is 4. The molecule has 3 aromatic rings. The van der Waals surface area contributed by atoms with Gasteiger partial charge in [-0.1, -0.05) is 18.2 Å². The molecule has 0 aliphatic rings. The SMILES string of the molecule is CC(CCCO)NC(=O)C(=O)Nc1ccc2c(c1)oc1ccccc12. The molecule has 1 aromatic heterocycles. The lowest BCUT2D eigenvalue weighted by atomic mass is 10.1. The second kappa shape index (κ2) is 7.36. The summed E-state index contributed by atoms with van der Waals surface area (Å²) < 4.78 is 5.77. The van der Waals surface area contributed by atoms with E-state index in [-0.39, 0.29) is 12.6 Å². The Bertz CT molecular complexity index is 916. The molecule has 1 atom stereocenters. The fourth-order valence-electron chi connectivity index (χ4n) is 2.75. The van der Waals surface area contributed by atoms with Gasteiger partial charge in [0.2, 0.25) is 0 Å². The van der Waals surface area contributed by atoms with E-state index in [1.165, 1.54) is 0 Å². The van der Waals surface area contributed by atoms with Gasteiger partial charge in [-0.2, -0.15) is 0 Å². The Labute approximate surface area is 144 Å². The van der Waals surface area contributed by atoms with Crippen LogP contribution in [-0.2, 0) is 9.59 Å². The third kappa shape index (κ3) is 3.80. The van der Waals surface area contributed by atoms with Crippen molar-refractivity contribution in [1.29, 1.82) is 0 Å². The molecule has 2 aromatic carbocycles. The van der Waals surface area contributed by atoms with Gasteiger partial charge in [0, 0.05) is 35.2 Å². The standard InChI is InChI=1S/C19H20N2O4/c1-12(5-4-10-22)20-18(23)19(24)21-13-8-9-15-14-6-2-3-7-16(14)25-17(15)11-13/h2-3,6-9,11-12,22H,4-5,10H2,1H3,(H,20,23)(H,21,24). The number of aliphatic hydroxyl groups excluding tert-OH is 1. The van der Waals surface area contributed by atoms with Gasteiger partial charge >= 0.3 is 11.8 Å². The number of benzene rings is 2. The zero-order valence-electron chi connectivity index (χ0n) is 13.9. The monoisotopic (exact) mass is 340 g/mol. The molecule has 1 unspecified atom stereocenters. The summed E-state index contributed by atoms with van der Waals surface area (Å²) in [7, 11) is 0. The minimum atomic E-state index is -0.730. The van der Waals surface area contributed by atoms with Gasteiger partial charge < -0.3 is 20.2 Å². The molecule has 6 heteroatoms. The lowest BCUT2D eigenvalue weighted by molar-refractivity contribution is -0.136. The average molecular weight is 340 g/mol. The molecule has 0 aliphatic carbocycles. The van der Waals surface area contributed by atoms with E-state index >= 15 is 0 Å². The first-order valence-electron chi connectivity index (χ1n) is 8.22. The van der Waals surface area contributed by atoms with Crippen LogP contribution in [0.4, 0.5) is 5.69 Å². The lowest BCUT2D eigenvalue weighted by Gasteiger charge is -2.12. The van der Waals surface area contributed by atoms with Crippen LogP contribution in [0.2, 0.25) is 0 Å². The first-order valence-corrected chi connectivity index (χ1v) is 8.22. The lowest BCUT2D eigenvalue weighted by Crippen LogP contribution is -2.40. The fraction of sp³-hybridized carbons (Fsp3) is 0.263. The van der Waals surface area contributed by atoms with E-state index in [4.69, 9.17) is 9.52 Å². The zero-order valence-corrected chi connectivity index (χ0v) is 13.9. The summed E-state index contributed by atoms with van der Waals surface area (Å²) in [6, 6.07) is 12.8. The Kier molecular flexibility index (Phi) is 5.00. The topological polar surface area (TPSA) is 91.6 Å². The number of amides is 2. The molecule has 130 valence electrons. The zero-order chi connectivity index (χ0) is 17.8. The molecular weight excluding hydrogens is 320 g/mol. The number of carbonyl (C=O) groups is 2. The molecule has 0 fully saturated rings. The van der Waals surface area contributed by atoms with Gasteiger partial charge in [0.25, 0.3) is 0 Å². The number of nitrogens with one attached hydrogen (secondary N) is 2. The van der Waals surface area contributed by atoms with E-state index in [0.29, 0.717) is 24.1 Å². The molecule has 0 bridgehead atoms. The van der Waals surface area contributed by atoms with Crippen molar-refractivity contribution in [1.82, 2.24) is 5.32 Å². The third-order valence-electron chi connectivity index (χ3n) is 4.02. The Morgan fingerprint density at radius 1 is 1.08 bits per heavy atom. The van der Waals surface area contributed by atoms with Crippen LogP contribution in [0.5, 0.6) is 0 Å². The normalized spacial score (nSPS) is 12.2. The van der Waals surface area contributed by atoms with Crippen LogP contribution in [0, 0.1) is 0 Å². The summed E-state index contributed by atoms with van der Waals surface area (Å²) in [5, 5.41) is 15.9. The van der Waals surface area contributed by atoms with E-state index in [1.807, 2.05) is 30.3 Å². The molecule has 3 rings (SSSR count). The van der Waals surface area contributed by atoms with E-state index in [0.717, 1.165) is 16.4 Å². The maximum atomic E-state index is 12.0. The van der Waals surface area contributed by atoms with Crippen LogP contribution < -0.4 is 10.6 Å². The maximum absolute atomic E-state index is 12.0. The first kappa shape index (κ1) is 17.0. The van der Waals surface area contributed by atoms with Gasteiger partial charge in [0.15, 0.2) is 0 Å². The molecule has 0 aliphatic heterocycles. The molecule has 0 saturated carbocycles. The summed E-state index contributed by atoms with van der Waals surface area (Å²) >= 11 is 0. The Morgan fingerprint density at radius 3 is 2.64 bits per heavy atom. The molecule has 25 heavy (non-hydrogen) atoms. The van der Waals surface area contributed by atoms with Gasteiger partial charge in [-0.25, -0.2) is 0 Å². The van der Waals surface area contributed by atoms with E-state index in [2.05, 4.69) is 10.6 Å². The van der Waals surface area contributed by atoms with Crippen molar-refractivity contribution in [3.63, 3.8) is 0 Å². The smallest absolute Gasteiger partial charge is 0.313 e. The largest absolute Gasteiger partial charge is 0.456 e. The van der Waals surface area contributed by atoms with Crippen LogP contribution in [0.15, 0.2) is 46.9 Å². The number of fused-ring (bicyclic) bond motifs is 3. The highest BCUT2D eigenvalue weighted by Crippen LogP contribution is 2.30. The van der Waals surface area contributed by atoms with Gasteiger partial charge in [-0.15, -0.1) is 0 Å². The average Bonchev–Trinajstić information content (AvgIpc) is 2.97. The molecule has 0 spiro atoms. The van der Waals surface area contributed by atoms with Crippen LogP contribution in [0.25, 0.3) is 21.9 Å². The van der Waals surface area contributed by atoms with Crippen LogP contribution in [-0.4, -0.2) is 29.6 Å². The Morgan fingerprint density at radius 2 is 1.84 bits per heavy atom. The van der Waals surface area contributed by atoms with Crippen LogP contribution in [0.1, 0.15) is 19.8 Å². The number of anilines is 1. The van der Waals surface area contributed by atoms with Gasteiger partial charge in [-0.05, 0) is 38.0 Å². The predicted octanol–water partition coefficient (Wildman–Crippen LogP) is 2.80. The van der Waals surface area contributed by atoms with Crippen molar-refractivity contribution in [3.8, 4) is 0 Å². The second-order valence-corrected chi connectivity index (χ2v) is 6.00. The van der Waals surface area contributed by atoms with E-state index < -0.39 is 11.8 Å². The number of rotatable bonds is 5. The van der Waals surface area contributed by atoms with Crippen LogP contribution in [0.3, 0.4) is 0 Å². The number of aliphatic hydroxyl groups is 1. The minimum Gasteiger partial charge on any atom is -0.456 e. The van der Waals surface area contributed by atoms with E-state index in [9.17, 15) is 9.59 Å². The van der Waals surface area contributed by atoms with Crippen molar-refractivity contribution in [2.45, 2.75) is 25.8 Å². The molecule has 0 saturated heterocycles. The highest BCUT2D eigenvalue weighted by Gasteiger charge is 2.17. The summed E-state index contributed by atoms with van der Waals surface area (Å²) in [6.07, 6.45) is 1.19. The quantitative estimate of drug-likeness (QED) is 0.623. The van der Waals surface area contributed by atoms with Crippen molar-refractivity contribution < 1.29 is 19.1 Å². The van der Waals surface area contributed by atoms with Crippen molar-refractivity contribution in [2.75, 3.05) is 11.9 Å². The Hall–Kier alpha value is -2.86. The van der Waals surface area contributed by atoms with Crippen LogP contribution >= 0.6 is 0 Å². The number of para-hydroxylation sites is 1. The first-order chi connectivity index (χ1) is 12.1.